The number of anilines is 1. The highest BCUT2D eigenvalue weighted by atomic mass is 32.1. The summed E-state index contributed by atoms with van der Waals surface area (Å²) in [5, 5.41) is 2.98. The molecule has 0 aromatic carbocycles. The third-order valence-electron chi connectivity index (χ3n) is 3.92. The largest absolute Gasteiger partial charge is 0.396 e. The van der Waals surface area contributed by atoms with Crippen molar-refractivity contribution in [3.05, 3.63) is 23.2 Å². The first-order valence-electron chi connectivity index (χ1n) is 6.40. The number of nitrogens with zero attached hydrogens (tertiary/aromatic N) is 1. The molecule has 0 saturated heterocycles. The average Bonchev–Trinajstić information content (AvgIpc) is 2.85. The van der Waals surface area contributed by atoms with Crippen LogP contribution >= 0.6 is 11.3 Å². The number of nitrogens with two attached hydrogens (primary N) is 1. The average molecular weight is 275 g/mol. The quantitative estimate of drug-likeness (QED) is 0.905. The molecule has 0 radical (unpaired) electrons. The van der Waals surface area contributed by atoms with Gasteiger partial charge in [-0.15, -0.1) is 11.3 Å². The minimum absolute atomic E-state index is 0.0804. The smallest absolute Gasteiger partial charge is 0.263 e. The van der Waals surface area contributed by atoms with Gasteiger partial charge in [-0.2, -0.15) is 0 Å². The van der Waals surface area contributed by atoms with E-state index < -0.39 is 0 Å². The third kappa shape index (κ3) is 2.18. The Bertz CT molecular complexity index is 647. The lowest BCUT2D eigenvalue weighted by atomic mass is 10.1. The first-order chi connectivity index (χ1) is 8.99. The van der Waals surface area contributed by atoms with Crippen LogP contribution in [0.1, 0.15) is 29.9 Å². The number of nitrogen functional groups attached to an aromatic ring is 1. The van der Waals surface area contributed by atoms with E-state index in [1.165, 1.54) is 17.8 Å². The van der Waals surface area contributed by atoms with Crippen molar-refractivity contribution in [2.75, 3.05) is 12.3 Å². The molecule has 1 amide bonds. The van der Waals surface area contributed by atoms with Crippen molar-refractivity contribution in [1.82, 2.24) is 10.3 Å². The van der Waals surface area contributed by atoms with Crippen LogP contribution in [0.5, 0.6) is 0 Å². The Morgan fingerprint density at radius 2 is 2.37 bits per heavy atom. The van der Waals surface area contributed by atoms with Gasteiger partial charge in [0.05, 0.1) is 10.4 Å². The van der Waals surface area contributed by atoms with Crippen molar-refractivity contribution in [1.29, 1.82) is 0 Å². The number of fused-ring (bicyclic) bond motifs is 1. The van der Waals surface area contributed by atoms with Crippen molar-refractivity contribution in [3.8, 4) is 0 Å². The third-order valence-corrected chi connectivity index (χ3v) is 5.07. The van der Waals surface area contributed by atoms with Crippen molar-refractivity contribution in [2.45, 2.75) is 20.3 Å². The highest BCUT2D eigenvalue weighted by Crippen LogP contribution is 2.51. The monoisotopic (exact) mass is 275 g/mol. The number of carbonyl (C=O) groups is 1. The normalized spacial score (nSPS) is 20.4. The standard InChI is InChI=1S/C14H17N3OS/c1-14(2)6-8(14)7-17-13(18)12-10(15)11-9(19-12)4-3-5-16-11/h3-5,8H,6-7,15H2,1-2H3,(H,17,18). The molecule has 1 aliphatic rings. The lowest BCUT2D eigenvalue weighted by molar-refractivity contribution is 0.0955. The Hall–Kier alpha value is -1.62. The lowest BCUT2D eigenvalue weighted by Gasteiger charge is -2.05. The van der Waals surface area contributed by atoms with Crippen LogP contribution in [0.25, 0.3) is 10.2 Å². The summed E-state index contributed by atoms with van der Waals surface area (Å²) in [5.74, 6) is 0.508. The molecule has 2 heterocycles. The summed E-state index contributed by atoms with van der Waals surface area (Å²) in [6.07, 6.45) is 2.87. The van der Waals surface area contributed by atoms with E-state index in [1.54, 1.807) is 6.20 Å². The summed E-state index contributed by atoms with van der Waals surface area (Å²) < 4.78 is 0.955. The first-order valence-corrected chi connectivity index (χ1v) is 7.22. The van der Waals surface area contributed by atoms with Gasteiger partial charge in [-0.25, -0.2) is 0 Å². The molecule has 19 heavy (non-hydrogen) atoms. The number of rotatable bonds is 3. The summed E-state index contributed by atoms with van der Waals surface area (Å²) in [6, 6.07) is 3.79. The van der Waals surface area contributed by atoms with Gasteiger partial charge in [0.2, 0.25) is 0 Å². The number of thiophene rings is 1. The van der Waals surface area contributed by atoms with Crippen LogP contribution in [0.2, 0.25) is 0 Å². The van der Waals surface area contributed by atoms with Gasteiger partial charge < -0.3 is 11.1 Å². The second-order valence-corrected chi connectivity index (χ2v) is 6.85. The number of pyridine rings is 1. The van der Waals surface area contributed by atoms with Crippen LogP contribution in [0, 0.1) is 11.3 Å². The topological polar surface area (TPSA) is 68.0 Å². The Kier molecular flexibility index (Phi) is 2.74. The van der Waals surface area contributed by atoms with Gasteiger partial charge in [-0.1, -0.05) is 13.8 Å². The summed E-state index contributed by atoms with van der Waals surface area (Å²) in [7, 11) is 0. The van der Waals surface area contributed by atoms with Crippen molar-refractivity contribution in [2.24, 2.45) is 11.3 Å². The van der Waals surface area contributed by atoms with Crippen LogP contribution < -0.4 is 11.1 Å². The maximum atomic E-state index is 12.2. The molecule has 5 heteroatoms. The van der Waals surface area contributed by atoms with Gasteiger partial charge in [0.15, 0.2) is 0 Å². The molecule has 1 unspecified atom stereocenters. The van der Waals surface area contributed by atoms with E-state index in [4.69, 9.17) is 5.73 Å². The molecular formula is C14H17N3OS. The molecule has 4 nitrogen and oxygen atoms in total. The second kappa shape index (κ2) is 4.20. The van der Waals surface area contributed by atoms with Gasteiger partial charge in [0.1, 0.15) is 10.4 Å². The fourth-order valence-corrected chi connectivity index (χ4v) is 3.33. The molecule has 1 saturated carbocycles. The zero-order valence-electron chi connectivity index (χ0n) is 11.1. The van der Waals surface area contributed by atoms with Crippen molar-refractivity contribution >= 4 is 33.1 Å². The Morgan fingerprint density at radius 3 is 3.00 bits per heavy atom. The SMILES string of the molecule is CC1(C)CC1CNC(=O)c1sc2cccnc2c1N. The predicted octanol–water partition coefficient (Wildman–Crippen LogP) is 2.65. The highest BCUT2D eigenvalue weighted by Gasteiger charge is 2.45. The minimum atomic E-state index is -0.0804. The van der Waals surface area contributed by atoms with Gasteiger partial charge in [0.25, 0.3) is 5.91 Å². The molecule has 3 N–H and O–H groups in total. The Morgan fingerprint density at radius 1 is 1.63 bits per heavy atom. The van der Waals surface area contributed by atoms with E-state index in [-0.39, 0.29) is 5.91 Å². The highest BCUT2D eigenvalue weighted by molar-refractivity contribution is 7.21. The molecule has 1 aliphatic carbocycles. The van der Waals surface area contributed by atoms with E-state index in [9.17, 15) is 4.79 Å². The number of hydrogen-bond donors (Lipinski definition) is 2. The molecule has 1 fully saturated rings. The Balaban J connectivity index is 1.76. The van der Waals surface area contributed by atoms with Crippen molar-refractivity contribution < 1.29 is 4.79 Å². The summed E-state index contributed by atoms with van der Waals surface area (Å²) in [5.41, 5.74) is 7.60. The molecule has 0 aliphatic heterocycles. The maximum Gasteiger partial charge on any atom is 0.263 e. The number of amides is 1. The van der Waals surface area contributed by atoms with E-state index in [2.05, 4.69) is 24.1 Å². The lowest BCUT2D eigenvalue weighted by Crippen LogP contribution is -2.26. The zero-order chi connectivity index (χ0) is 13.6. The van der Waals surface area contributed by atoms with Crippen LogP contribution in [0.3, 0.4) is 0 Å². The first kappa shape index (κ1) is 12.4. The summed E-state index contributed by atoms with van der Waals surface area (Å²) in [4.78, 5) is 17.0. The minimum Gasteiger partial charge on any atom is -0.396 e. The fraction of sp³-hybridized carbons (Fsp3) is 0.429. The van der Waals surface area contributed by atoms with Crippen LogP contribution in [-0.4, -0.2) is 17.4 Å². The van der Waals surface area contributed by atoms with E-state index in [1.807, 2.05) is 12.1 Å². The number of aromatic nitrogens is 1. The molecule has 3 rings (SSSR count). The molecule has 2 aromatic rings. The number of carbonyl (C=O) groups excluding carboxylic acids is 1. The van der Waals surface area contributed by atoms with Crippen LogP contribution in [0.4, 0.5) is 5.69 Å². The van der Waals surface area contributed by atoms with Crippen LogP contribution in [-0.2, 0) is 0 Å². The molecule has 100 valence electrons. The number of nitrogens with one attached hydrogen (secondary N) is 1. The van der Waals surface area contributed by atoms with E-state index in [0.717, 1.165) is 16.8 Å². The van der Waals surface area contributed by atoms with Crippen LogP contribution in [0.15, 0.2) is 18.3 Å². The van der Waals surface area contributed by atoms with E-state index >= 15 is 0 Å². The summed E-state index contributed by atoms with van der Waals surface area (Å²) in [6.45, 7) is 5.18. The Labute approximate surface area is 116 Å². The van der Waals surface area contributed by atoms with Gasteiger partial charge in [0, 0.05) is 12.7 Å². The summed E-state index contributed by atoms with van der Waals surface area (Å²) >= 11 is 1.40. The van der Waals surface area contributed by atoms with Gasteiger partial charge in [-0.05, 0) is 29.9 Å². The molecular weight excluding hydrogens is 258 g/mol. The van der Waals surface area contributed by atoms with E-state index in [0.29, 0.717) is 21.9 Å². The second-order valence-electron chi connectivity index (χ2n) is 5.79. The van der Waals surface area contributed by atoms with Crippen molar-refractivity contribution in [3.63, 3.8) is 0 Å². The number of hydrogen-bond acceptors (Lipinski definition) is 4. The van der Waals surface area contributed by atoms with Gasteiger partial charge >= 0.3 is 0 Å². The zero-order valence-corrected chi connectivity index (χ0v) is 11.9. The van der Waals surface area contributed by atoms with Gasteiger partial charge in [-0.3, -0.25) is 9.78 Å². The maximum absolute atomic E-state index is 12.2. The predicted molar refractivity (Wildman–Crippen MR) is 78.3 cm³/mol. The molecule has 0 bridgehead atoms. The molecule has 2 aromatic heterocycles. The fourth-order valence-electron chi connectivity index (χ4n) is 2.34. The molecule has 1 atom stereocenters. The molecule has 0 spiro atoms.